The van der Waals surface area contributed by atoms with E-state index in [1.807, 2.05) is 0 Å². The molecule has 4 heteroatoms. The number of aromatic nitrogens is 1. The molecule has 0 amide bonds. The van der Waals surface area contributed by atoms with E-state index in [0.29, 0.717) is 5.41 Å². The molecule has 19 heavy (non-hydrogen) atoms. The van der Waals surface area contributed by atoms with Crippen LogP contribution in [0.25, 0.3) is 0 Å². The van der Waals surface area contributed by atoms with Gasteiger partial charge in [-0.15, -0.1) is 11.3 Å². The maximum Gasteiger partial charge on any atom is 0.0940 e. The molecule has 1 saturated carbocycles. The fourth-order valence-corrected chi connectivity index (χ4v) is 3.77. The van der Waals surface area contributed by atoms with E-state index in [9.17, 15) is 0 Å². The molecule has 108 valence electrons. The minimum atomic E-state index is 0.356. The fourth-order valence-electron chi connectivity index (χ4n) is 3.00. The van der Waals surface area contributed by atoms with Crippen molar-refractivity contribution in [2.75, 3.05) is 19.6 Å². The number of aryl methyl sites for hydroxylation is 1. The Morgan fingerprint density at radius 3 is 2.63 bits per heavy atom. The summed E-state index contributed by atoms with van der Waals surface area (Å²) in [7, 11) is 0. The van der Waals surface area contributed by atoms with Crippen molar-refractivity contribution in [3.05, 3.63) is 16.1 Å². The topological polar surface area (TPSA) is 50.9 Å². The number of hydrogen-bond donors (Lipinski definition) is 2. The van der Waals surface area contributed by atoms with Gasteiger partial charge in [0.1, 0.15) is 0 Å². The Balaban J connectivity index is 1.73. The predicted octanol–water partition coefficient (Wildman–Crippen LogP) is 2.88. The van der Waals surface area contributed by atoms with Crippen LogP contribution < -0.4 is 11.1 Å². The van der Waals surface area contributed by atoms with Gasteiger partial charge >= 0.3 is 0 Å². The summed E-state index contributed by atoms with van der Waals surface area (Å²) < 4.78 is 0. The Hall–Kier alpha value is -0.450. The van der Waals surface area contributed by atoms with Gasteiger partial charge in [-0.1, -0.05) is 25.7 Å². The zero-order chi connectivity index (χ0) is 13.6. The van der Waals surface area contributed by atoms with Crippen molar-refractivity contribution in [2.24, 2.45) is 11.1 Å². The predicted molar refractivity (Wildman–Crippen MR) is 82.6 cm³/mol. The molecule has 0 saturated heterocycles. The highest BCUT2D eigenvalue weighted by Gasteiger charge is 2.28. The first-order valence-electron chi connectivity index (χ1n) is 7.56. The van der Waals surface area contributed by atoms with Crippen LogP contribution >= 0.6 is 11.3 Å². The summed E-state index contributed by atoms with van der Waals surface area (Å²) in [5, 5.41) is 6.99. The van der Waals surface area contributed by atoms with Gasteiger partial charge in [0.15, 0.2) is 0 Å². The third-order valence-corrected chi connectivity index (χ3v) is 5.31. The van der Waals surface area contributed by atoms with Gasteiger partial charge in [0.2, 0.25) is 0 Å². The lowest BCUT2D eigenvalue weighted by atomic mass is 9.80. The molecule has 3 nitrogen and oxygen atoms in total. The van der Waals surface area contributed by atoms with Crippen LogP contribution in [0.2, 0.25) is 0 Å². The van der Waals surface area contributed by atoms with Gasteiger partial charge in [0.05, 0.1) is 5.01 Å². The molecule has 0 unspecified atom stereocenters. The zero-order valence-electron chi connectivity index (χ0n) is 12.1. The minimum Gasteiger partial charge on any atom is -0.330 e. The second-order valence-corrected chi connectivity index (χ2v) is 6.87. The van der Waals surface area contributed by atoms with Gasteiger partial charge in [0, 0.05) is 30.6 Å². The largest absolute Gasteiger partial charge is 0.330 e. The second kappa shape index (κ2) is 7.36. The standard InChI is InChI=1S/C15H27N3S/c1-13-10-19-14(18-13)6-9-17-12-15(11-16)7-4-2-3-5-8-15/h10,17H,2-9,11-12,16H2,1H3. The summed E-state index contributed by atoms with van der Waals surface area (Å²) in [6.07, 6.45) is 9.12. The molecule has 0 atom stereocenters. The minimum absolute atomic E-state index is 0.356. The highest BCUT2D eigenvalue weighted by molar-refractivity contribution is 7.09. The lowest BCUT2D eigenvalue weighted by Crippen LogP contribution is -2.40. The Bertz CT molecular complexity index is 367. The Morgan fingerprint density at radius 2 is 2.05 bits per heavy atom. The Labute approximate surface area is 121 Å². The molecule has 0 aromatic carbocycles. The molecule has 1 aliphatic carbocycles. The van der Waals surface area contributed by atoms with E-state index >= 15 is 0 Å². The number of hydrogen-bond acceptors (Lipinski definition) is 4. The van der Waals surface area contributed by atoms with Gasteiger partial charge in [-0.2, -0.15) is 0 Å². The maximum absolute atomic E-state index is 6.05. The van der Waals surface area contributed by atoms with E-state index in [2.05, 4.69) is 22.6 Å². The number of rotatable bonds is 6. The van der Waals surface area contributed by atoms with Crippen LogP contribution in [0.1, 0.15) is 49.2 Å². The fraction of sp³-hybridized carbons (Fsp3) is 0.800. The summed E-state index contributed by atoms with van der Waals surface area (Å²) >= 11 is 1.77. The van der Waals surface area contributed by atoms with Crippen molar-refractivity contribution >= 4 is 11.3 Å². The van der Waals surface area contributed by atoms with E-state index in [-0.39, 0.29) is 0 Å². The summed E-state index contributed by atoms with van der Waals surface area (Å²) in [4.78, 5) is 4.50. The lowest BCUT2D eigenvalue weighted by Gasteiger charge is -2.31. The molecule has 1 aromatic rings. The van der Waals surface area contributed by atoms with Crippen molar-refractivity contribution in [1.82, 2.24) is 10.3 Å². The molecular formula is C15H27N3S. The molecule has 0 aliphatic heterocycles. The Kier molecular flexibility index (Phi) is 5.79. The van der Waals surface area contributed by atoms with Gasteiger partial charge in [-0.25, -0.2) is 4.98 Å². The molecule has 1 fully saturated rings. The molecule has 1 aliphatic rings. The number of nitrogens with two attached hydrogens (primary N) is 1. The summed E-state index contributed by atoms with van der Waals surface area (Å²) in [5.41, 5.74) is 7.55. The maximum atomic E-state index is 6.05. The van der Waals surface area contributed by atoms with Gasteiger partial charge < -0.3 is 11.1 Å². The van der Waals surface area contributed by atoms with E-state index in [4.69, 9.17) is 5.73 Å². The van der Waals surface area contributed by atoms with Crippen LogP contribution in [0, 0.1) is 12.3 Å². The smallest absolute Gasteiger partial charge is 0.0940 e. The van der Waals surface area contributed by atoms with Crippen molar-refractivity contribution in [3.8, 4) is 0 Å². The molecule has 0 radical (unpaired) electrons. The first-order valence-corrected chi connectivity index (χ1v) is 8.44. The van der Waals surface area contributed by atoms with Crippen LogP contribution in [0.5, 0.6) is 0 Å². The lowest BCUT2D eigenvalue weighted by molar-refractivity contribution is 0.243. The Morgan fingerprint density at radius 1 is 1.32 bits per heavy atom. The first-order chi connectivity index (χ1) is 9.24. The number of nitrogens with one attached hydrogen (secondary N) is 1. The molecule has 3 N–H and O–H groups in total. The molecule has 2 rings (SSSR count). The molecule has 0 bridgehead atoms. The van der Waals surface area contributed by atoms with E-state index in [1.165, 1.54) is 43.5 Å². The van der Waals surface area contributed by atoms with Crippen molar-refractivity contribution < 1.29 is 0 Å². The van der Waals surface area contributed by atoms with Gasteiger partial charge in [-0.05, 0) is 31.7 Å². The third-order valence-electron chi connectivity index (χ3n) is 4.28. The molecule has 1 heterocycles. The van der Waals surface area contributed by atoms with Gasteiger partial charge in [-0.3, -0.25) is 0 Å². The van der Waals surface area contributed by atoms with Crippen LogP contribution in [0.15, 0.2) is 5.38 Å². The summed E-state index contributed by atoms with van der Waals surface area (Å²) in [6.45, 7) is 4.99. The van der Waals surface area contributed by atoms with Gasteiger partial charge in [0.25, 0.3) is 0 Å². The third kappa shape index (κ3) is 4.55. The summed E-state index contributed by atoms with van der Waals surface area (Å²) in [6, 6.07) is 0. The normalized spacial score (nSPS) is 19.3. The van der Waals surface area contributed by atoms with E-state index in [0.717, 1.165) is 31.7 Å². The average Bonchev–Trinajstić information content (AvgIpc) is 2.70. The second-order valence-electron chi connectivity index (χ2n) is 5.93. The molecule has 1 aromatic heterocycles. The summed E-state index contributed by atoms with van der Waals surface area (Å²) in [5.74, 6) is 0. The van der Waals surface area contributed by atoms with E-state index in [1.54, 1.807) is 11.3 Å². The van der Waals surface area contributed by atoms with Crippen LogP contribution in [-0.2, 0) is 6.42 Å². The highest BCUT2D eigenvalue weighted by atomic mass is 32.1. The quantitative estimate of drug-likeness (QED) is 0.623. The molecular weight excluding hydrogens is 254 g/mol. The van der Waals surface area contributed by atoms with Crippen molar-refractivity contribution in [3.63, 3.8) is 0 Å². The van der Waals surface area contributed by atoms with Crippen molar-refractivity contribution in [1.29, 1.82) is 0 Å². The zero-order valence-corrected chi connectivity index (χ0v) is 12.9. The van der Waals surface area contributed by atoms with E-state index < -0.39 is 0 Å². The van der Waals surface area contributed by atoms with Crippen LogP contribution in [-0.4, -0.2) is 24.6 Å². The molecule has 0 spiro atoms. The number of thiazole rings is 1. The van der Waals surface area contributed by atoms with Crippen molar-refractivity contribution in [2.45, 2.75) is 51.9 Å². The number of nitrogens with zero attached hydrogens (tertiary/aromatic N) is 1. The van der Waals surface area contributed by atoms with Crippen LogP contribution in [0.4, 0.5) is 0 Å². The first kappa shape index (κ1) is 14.9. The van der Waals surface area contributed by atoms with Crippen LogP contribution in [0.3, 0.4) is 0 Å². The monoisotopic (exact) mass is 281 g/mol. The average molecular weight is 281 g/mol. The SMILES string of the molecule is Cc1csc(CCNCC2(CN)CCCCCC2)n1. The highest BCUT2D eigenvalue weighted by Crippen LogP contribution is 2.33.